The van der Waals surface area contributed by atoms with Crippen molar-refractivity contribution in [3.8, 4) is 17.2 Å². The Morgan fingerprint density at radius 1 is 1.06 bits per heavy atom. The zero-order chi connectivity index (χ0) is 12.1. The third kappa shape index (κ3) is 3.04. The first-order valence-electron chi connectivity index (χ1n) is 4.76. The number of methoxy groups -OCH3 is 3. The third-order valence-electron chi connectivity index (χ3n) is 2.05. The fourth-order valence-electron chi connectivity index (χ4n) is 1.41. The standard InChI is InChI=1S/C12H15IO3/c1-8(13)5-9-6-10(14-2)12(16-4)11(7-9)15-3/h5-7H,1-4H3/b8-5-. The van der Waals surface area contributed by atoms with Crippen LogP contribution in [-0.4, -0.2) is 21.3 Å². The molecule has 0 atom stereocenters. The summed E-state index contributed by atoms with van der Waals surface area (Å²) in [5, 5.41) is 0. The van der Waals surface area contributed by atoms with Crippen molar-refractivity contribution in [1.82, 2.24) is 0 Å². The Bertz CT molecular complexity index is 370. The van der Waals surface area contributed by atoms with E-state index in [0.717, 1.165) is 5.56 Å². The second-order valence-electron chi connectivity index (χ2n) is 3.19. The Morgan fingerprint density at radius 3 is 1.88 bits per heavy atom. The highest BCUT2D eigenvalue weighted by atomic mass is 127. The summed E-state index contributed by atoms with van der Waals surface area (Å²) in [6.07, 6.45) is 2.05. The number of hydrogen-bond donors (Lipinski definition) is 0. The molecule has 16 heavy (non-hydrogen) atoms. The van der Waals surface area contributed by atoms with Crippen LogP contribution in [-0.2, 0) is 0 Å². The number of hydrogen-bond acceptors (Lipinski definition) is 3. The number of rotatable bonds is 4. The van der Waals surface area contributed by atoms with Gasteiger partial charge in [0.2, 0.25) is 5.75 Å². The summed E-state index contributed by atoms with van der Waals surface area (Å²) < 4.78 is 17.0. The molecule has 0 spiro atoms. The van der Waals surface area contributed by atoms with Gasteiger partial charge in [-0.25, -0.2) is 0 Å². The normalized spacial score (nSPS) is 11.2. The summed E-state index contributed by atoms with van der Waals surface area (Å²) in [5.41, 5.74) is 1.03. The maximum atomic E-state index is 5.26. The molecular formula is C12H15IO3. The lowest BCUT2D eigenvalue weighted by molar-refractivity contribution is 0.324. The van der Waals surface area contributed by atoms with Gasteiger partial charge in [0.15, 0.2) is 11.5 Å². The lowest BCUT2D eigenvalue weighted by Gasteiger charge is -2.12. The minimum atomic E-state index is 0.619. The van der Waals surface area contributed by atoms with Crippen molar-refractivity contribution in [3.63, 3.8) is 0 Å². The molecule has 1 rings (SSSR count). The predicted octanol–water partition coefficient (Wildman–Crippen LogP) is 3.51. The monoisotopic (exact) mass is 334 g/mol. The van der Waals surface area contributed by atoms with Crippen LogP contribution in [0.5, 0.6) is 17.2 Å². The van der Waals surface area contributed by atoms with E-state index in [9.17, 15) is 0 Å². The molecule has 0 bridgehead atoms. The summed E-state index contributed by atoms with van der Waals surface area (Å²) in [5.74, 6) is 1.96. The largest absolute Gasteiger partial charge is 0.493 e. The molecule has 3 nitrogen and oxygen atoms in total. The van der Waals surface area contributed by atoms with Gasteiger partial charge in [-0.05, 0) is 56.9 Å². The maximum Gasteiger partial charge on any atom is 0.203 e. The summed E-state index contributed by atoms with van der Waals surface area (Å²) in [4.78, 5) is 0. The van der Waals surface area contributed by atoms with Crippen LogP contribution in [0.3, 0.4) is 0 Å². The zero-order valence-electron chi connectivity index (χ0n) is 9.83. The van der Waals surface area contributed by atoms with Crippen LogP contribution >= 0.6 is 22.6 Å². The summed E-state index contributed by atoms with van der Waals surface area (Å²) >= 11 is 2.26. The van der Waals surface area contributed by atoms with Gasteiger partial charge in [-0.3, -0.25) is 0 Å². The Balaban J connectivity index is 3.31. The van der Waals surface area contributed by atoms with Gasteiger partial charge in [-0.15, -0.1) is 0 Å². The SMILES string of the molecule is COc1cc(/C=C(/C)I)cc(OC)c1OC. The van der Waals surface area contributed by atoms with Crippen LogP contribution in [0.25, 0.3) is 6.08 Å². The summed E-state index contributed by atoms with van der Waals surface area (Å²) in [6.45, 7) is 2.03. The van der Waals surface area contributed by atoms with Gasteiger partial charge in [0.05, 0.1) is 21.3 Å². The summed E-state index contributed by atoms with van der Waals surface area (Å²) in [6, 6.07) is 3.84. The highest BCUT2D eigenvalue weighted by molar-refractivity contribution is 14.1. The zero-order valence-corrected chi connectivity index (χ0v) is 12.0. The summed E-state index contributed by atoms with van der Waals surface area (Å²) in [7, 11) is 4.82. The second kappa shape index (κ2) is 5.98. The Hall–Kier alpha value is -0.910. The molecule has 0 saturated carbocycles. The van der Waals surface area contributed by atoms with E-state index in [1.165, 1.54) is 3.58 Å². The molecule has 0 aromatic heterocycles. The average molecular weight is 334 g/mol. The Kier molecular flexibility index (Phi) is 4.92. The molecule has 1 aromatic rings. The Morgan fingerprint density at radius 2 is 1.56 bits per heavy atom. The van der Waals surface area contributed by atoms with Crippen LogP contribution in [0.2, 0.25) is 0 Å². The molecule has 1 aromatic carbocycles. The van der Waals surface area contributed by atoms with E-state index in [1.807, 2.05) is 25.1 Å². The number of halogens is 1. The highest BCUT2D eigenvalue weighted by Gasteiger charge is 2.11. The van der Waals surface area contributed by atoms with Crippen LogP contribution in [0.4, 0.5) is 0 Å². The molecule has 0 amide bonds. The van der Waals surface area contributed by atoms with Gasteiger partial charge in [0.1, 0.15) is 0 Å². The predicted molar refractivity (Wildman–Crippen MR) is 73.8 cm³/mol. The lowest BCUT2D eigenvalue weighted by Crippen LogP contribution is -1.95. The van der Waals surface area contributed by atoms with Crippen LogP contribution in [0, 0.1) is 0 Å². The van der Waals surface area contributed by atoms with Crippen molar-refractivity contribution in [1.29, 1.82) is 0 Å². The minimum Gasteiger partial charge on any atom is -0.493 e. The molecule has 0 aliphatic rings. The molecule has 0 aliphatic carbocycles. The van der Waals surface area contributed by atoms with E-state index in [0.29, 0.717) is 17.2 Å². The van der Waals surface area contributed by atoms with Gasteiger partial charge in [0.25, 0.3) is 0 Å². The van der Waals surface area contributed by atoms with E-state index < -0.39 is 0 Å². The smallest absolute Gasteiger partial charge is 0.203 e. The van der Waals surface area contributed by atoms with Gasteiger partial charge in [-0.2, -0.15) is 0 Å². The lowest BCUT2D eigenvalue weighted by atomic mass is 10.1. The average Bonchev–Trinajstić information content (AvgIpc) is 2.26. The molecule has 0 heterocycles. The van der Waals surface area contributed by atoms with Gasteiger partial charge < -0.3 is 14.2 Å². The van der Waals surface area contributed by atoms with Gasteiger partial charge >= 0.3 is 0 Å². The molecule has 0 radical (unpaired) electrons. The minimum absolute atomic E-state index is 0.619. The van der Waals surface area contributed by atoms with E-state index in [2.05, 4.69) is 22.6 Å². The number of ether oxygens (including phenoxy) is 3. The van der Waals surface area contributed by atoms with Crippen LogP contribution in [0.1, 0.15) is 12.5 Å². The number of allylic oxidation sites excluding steroid dienone is 1. The van der Waals surface area contributed by atoms with Gasteiger partial charge in [0, 0.05) is 0 Å². The molecule has 0 unspecified atom stereocenters. The topological polar surface area (TPSA) is 27.7 Å². The first-order valence-corrected chi connectivity index (χ1v) is 5.84. The van der Waals surface area contributed by atoms with Crippen molar-refractivity contribution in [2.75, 3.05) is 21.3 Å². The van der Waals surface area contributed by atoms with Crippen LogP contribution < -0.4 is 14.2 Å². The molecule has 0 saturated heterocycles. The molecule has 4 heteroatoms. The maximum absolute atomic E-state index is 5.26. The molecule has 0 N–H and O–H groups in total. The molecular weight excluding hydrogens is 319 g/mol. The fourth-order valence-corrected chi connectivity index (χ4v) is 1.77. The third-order valence-corrected chi connectivity index (χ3v) is 2.36. The van der Waals surface area contributed by atoms with Crippen LogP contribution in [0.15, 0.2) is 15.7 Å². The van der Waals surface area contributed by atoms with E-state index in [1.54, 1.807) is 21.3 Å². The molecule has 0 aliphatic heterocycles. The van der Waals surface area contributed by atoms with Crippen molar-refractivity contribution in [2.45, 2.75) is 6.92 Å². The van der Waals surface area contributed by atoms with Gasteiger partial charge in [-0.1, -0.05) is 0 Å². The second-order valence-corrected chi connectivity index (χ2v) is 4.89. The highest BCUT2D eigenvalue weighted by Crippen LogP contribution is 2.38. The molecule has 88 valence electrons. The van der Waals surface area contributed by atoms with E-state index in [-0.39, 0.29) is 0 Å². The quantitative estimate of drug-likeness (QED) is 0.789. The van der Waals surface area contributed by atoms with E-state index >= 15 is 0 Å². The fraction of sp³-hybridized carbons (Fsp3) is 0.333. The van der Waals surface area contributed by atoms with E-state index in [4.69, 9.17) is 14.2 Å². The first-order chi connectivity index (χ1) is 7.62. The van der Waals surface area contributed by atoms with Crippen molar-refractivity contribution in [3.05, 3.63) is 21.3 Å². The number of benzene rings is 1. The van der Waals surface area contributed by atoms with Crippen molar-refractivity contribution in [2.24, 2.45) is 0 Å². The molecule has 0 fully saturated rings. The van der Waals surface area contributed by atoms with Crippen molar-refractivity contribution >= 4 is 28.7 Å². The van der Waals surface area contributed by atoms with Crippen molar-refractivity contribution < 1.29 is 14.2 Å². The Labute approximate surface area is 110 Å². The first kappa shape index (κ1) is 13.2.